The number of carbonyl (C=O) groups is 1. The minimum absolute atomic E-state index is 0.141. The van der Waals surface area contributed by atoms with E-state index in [-0.39, 0.29) is 19.1 Å². The van der Waals surface area contributed by atoms with Gasteiger partial charge in [-0.15, -0.1) is 0 Å². The van der Waals surface area contributed by atoms with E-state index < -0.39 is 5.41 Å². The van der Waals surface area contributed by atoms with Crippen LogP contribution in [-0.2, 0) is 9.53 Å². The highest BCUT2D eigenvalue weighted by atomic mass is 16.5. The summed E-state index contributed by atoms with van der Waals surface area (Å²) in [5.74, 6) is 0.255. The Morgan fingerprint density at radius 1 is 1.47 bits per heavy atom. The number of hydrogen-bond acceptors (Lipinski definition) is 4. The summed E-state index contributed by atoms with van der Waals surface area (Å²) in [5, 5.41) is 11.9. The van der Waals surface area contributed by atoms with Gasteiger partial charge in [0, 0.05) is 0 Å². The lowest BCUT2D eigenvalue weighted by atomic mass is 9.86. The Morgan fingerprint density at radius 2 is 2.16 bits per heavy atom. The number of carbonyl (C=O) groups excluding carboxylic acids is 1. The average Bonchev–Trinajstić information content (AvgIpc) is 2.31. The van der Waals surface area contributed by atoms with E-state index in [1.54, 1.807) is 7.11 Å². The Kier molecular flexibility index (Phi) is 3.45. The maximum atomic E-state index is 12.2. The van der Waals surface area contributed by atoms with Crippen molar-refractivity contribution in [2.24, 2.45) is 5.41 Å². The van der Waals surface area contributed by atoms with Crippen LogP contribution >= 0.6 is 0 Å². The van der Waals surface area contributed by atoms with Gasteiger partial charge in [0.1, 0.15) is 5.75 Å². The number of benzene rings is 1. The Bertz CT molecular complexity index is 557. The van der Waals surface area contributed by atoms with Crippen LogP contribution in [0.2, 0.25) is 0 Å². The van der Waals surface area contributed by atoms with Crippen LogP contribution in [0, 0.1) is 30.6 Å². The van der Waals surface area contributed by atoms with Crippen molar-refractivity contribution in [1.29, 1.82) is 5.26 Å². The second-order valence-corrected chi connectivity index (χ2v) is 4.80. The lowest BCUT2D eigenvalue weighted by Crippen LogP contribution is -2.50. The topological polar surface area (TPSA) is 71.3 Å². The molecule has 0 saturated carbocycles. The van der Waals surface area contributed by atoms with E-state index in [4.69, 9.17) is 14.7 Å². The monoisotopic (exact) mass is 260 g/mol. The summed E-state index contributed by atoms with van der Waals surface area (Å²) in [5.41, 5.74) is 1.50. The number of nitrogens with one attached hydrogen (secondary N) is 1. The molecule has 0 radical (unpaired) electrons. The molecule has 100 valence electrons. The van der Waals surface area contributed by atoms with Crippen molar-refractivity contribution in [2.45, 2.75) is 13.8 Å². The number of hydrogen-bond donors (Lipinski definition) is 1. The van der Waals surface area contributed by atoms with E-state index >= 15 is 0 Å². The minimum Gasteiger partial charge on any atom is -0.495 e. The fraction of sp³-hybridized carbons (Fsp3) is 0.429. The minimum atomic E-state index is -1.07. The zero-order chi connectivity index (χ0) is 14.0. The zero-order valence-corrected chi connectivity index (χ0v) is 11.2. The molecule has 0 atom stereocenters. The summed E-state index contributed by atoms with van der Waals surface area (Å²) < 4.78 is 10.3. The van der Waals surface area contributed by atoms with Crippen LogP contribution in [0.5, 0.6) is 5.75 Å². The van der Waals surface area contributed by atoms with Gasteiger partial charge >= 0.3 is 0 Å². The summed E-state index contributed by atoms with van der Waals surface area (Å²) in [6.07, 6.45) is 0. The SMILES string of the molecule is COc1cc(C)cc(C)c1NC(=O)C1(C#N)COC1. The third kappa shape index (κ3) is 2.27. The third-order valence-corrected chi connectivity index (χ3v) is 3.25. The van der Waals surface area contributed by atoms with E-state index in [2.05, 4.69) is 5.32 Å². The van der Waals surface area contributed by atoms with Crippen LogP contribution in [0.1, 0.15) is 11.1 Å². The molecule has 19 heavy (non-hydrogen) atoms. The molecule has 1 N–H and O–H groups in total. The molecule has 1 aliphatic heterocycles. The van der Waals surface area contributed by atoms with Crippen LogP contribution in [0.3, 0.4) is 0 Å². The number of aryl methyl sites for hydroxylation is 2. The quantitative estimate of drug-likeness (QED) is 0.899. The molecule has 0 aliphatic carbocycles. The van der Waals surface area contributed by atoms with Crippen LogP contribution < -0.4 is 10.1 Å². The highest BCUT2D eigenvalue weighted by molar-refractivity contribution is 5.99. The van der Waals surface area contributed by atoms with Gasteiger partial charge in [0.05, 0.1) is 32.1 Å². The molecule has 1 fully saturated rings. The first kappa shape index (κ1) is 13.4. The van der Waals surface area contributed by atoms with Crippen molar-refractivity contribution in [3.05, 3.63) is 23.3 Å². The van der Waals surface area contributed by atoms with Crippen molar-refractivity contribution in [3.63, 3.8) is 0 Å². The second-order valence-electron chi connectivity index (χ2n) is 4.80. The van der Waals surface area contributed by atoms with Gasteiger partial charge < -0.3 is 14.8 Å². The maximum Gasteiger partial charge on any atom is 0.249 e. The lowest BCUT2D eigenvalue weighted by Gasteiger charge is -2.33. The smallest absolute Gasteiger partial charge is 0.249 e. The first-order chi connectivity index (χ1) is 9.02. The van der Waals surface area contributed by atoms with Gasteiger partial charge in [-0.25, -0.2) is 0 Å². The number of methoxy groups -OCH3 is 1. The van der Waals surface area contributed by atoms with Crippen LogP contribution in [0.15, 0.2) is 12.1 Å². The normalized spacial score (nSPS) is 16.1. The van der Waals surface area contributed by atoms with Crippen molar-refractivity contribution < 1.29 is 14.3 Å². The number of nitrogens with zero attached hydrogens (tertiary/aromatic N) is 1. The van der Waals surface area contributed by atoms with Gasteiger partial charge in [-0.2, -0.15) is 5.26 Å². The largest absolute Gasteiger partial charge is 0.495 e. The fourth-order valence-electron chi connectivity index (χ4n) is 2.04. The molecule has 1 aliphatic rings. The van der Waals surface area contributed by atoms with Crippen LogP contribution in [0.25, 0.3) is 0 Å². The molecular formula is C14H16N2O3. The fourth-order valence-corrected chi connectivity index (χ4v) is 2.04. The lowest BCUT2D eigenvalue weighted by molar-refractivity contribution is -0.144. The molecule has 2 rings (SSSR count). The number of rotatable bonds is 3. The van der Waals surface area contributed by atoms with Crippen molar-refractivity contribution in [1.82, 2.24) is 0 Å². The van der Waals surface area contributed by atoms with E-state index in [0.717, 1.165) is 11.1 Å². The Morgan fingerprint density at radius 3 is 2.63 bits per heavy atom. The van der Waals surface area contributed by atoms with E-state index in [1.165, 1.54) is 0 Å². The van der Waals surface area contributed by atoms with Crippen molar-refractivity contribution in [2.75, 3.05) is 25.6 Å². The standard InChI is InChI=1S/C14H16N2O3/c1-9-4-10(2)12(11(5-9)18-3)16-13(17)14(6-15)7-19-8-14/h4-5H,7-8H2,1-3H3,(H,16,17). The Labute approximate surface area is 112 Å². The Hall–Kier alpha value is -2.06. The highest BCUT2D eigenvalue weighted by Gasteiger charge is 2.47. The summed E-state index contributed by atoms with van der Waals surface area (Å²) in [6, 6.07) is 5.82. The average molecular weight is 260 g/mol. The molecule has 0 bridgehead atoms. The van der Waals surface area contributed by atoms with Gasteiger partial charge in [-0.1, -0.05) is 6.07 Å². The van der Waals surface area contributed by atoms with Crippen molar-refractivity contribution >= 4 is 11.6 Å². The Balaban J connectivity index is 2.29. The van der Waals surface area contributed by atoms with E-state index in [1.807, 2.05) is 32.0 Å². The predicted molar refractivity (Wildman–Crippen MR) is 70.0 cm³/mol. The third-order valence-electron chi connectivity index (χ3n) is 3.25. The molecule has 0 spiro atoms. The summed E-state index contributed by atoms with van der Waals surface area (Å²) in [6.45, 7) is 4.13. The van der Waals surface area contributed by atoms with Crippen LogP contribution in [0.4, 0.5) is 5.69 Å². The van der Waals surface area contributed by atoms with Gasteiger partial charge in [0.2, 0.25) is 5.91 Å². The molecule has 0 unspecified atom stereocenters. The van der Waals surface area contributed by atoms with Gasteiger partial charge in [0.25, 0.3) is 0 Å². The van der Waals surface area contributed by atoms with Gasteiger partial charge in [-0.3, -0.25) is 4.79 Å². The number of anilines is 1. The molecule has 1 aromatic carbocycles. The molecule has 1 aromatic rings. The second kappa shape index (κ2) is 4.90. The summed E-state index contributed by atoms with van der Waals surface area (Å²) in [7, 11) is 1.55. The van der Waals surface area contributed by atoms with Crippen molar-refractivity contribution in [3.8, 4) is 11.8 Å². The molecule has 1 amide bonds. The summed E-state index contributed by atoms with van der Waals surface area (Å²) in [4.78, 5) is 12.2. The molecule has 5 heteroatoms. The number of nitriles is 1. The number of ether oxygens (including phenoxy) is 2. The molecule has 0 aromatic heterocycles. The van der Waals surface area contributed by atoms with Crippen LogP contribution in [-0.4, -0.2) is 26.2 Å². The first-order valence-corrected chi connectivity index (χ1v) is 5.98. The van der Waals surface area contributed by atoms with E-state index in [0.29, 0.717) is 11.4 Å². The van der Waals surface area contributed by atoms with Gasteiger partial charge in [-0.05, 0) is 31.0 Å². The maximum absolute atomic E-state index is 12.2. The number of amides is 1. The van der Waals surface area contributed by atoms with E-state index in [9.17, 15) is 4.79 Å². The molecule has 1 saturated heterocycles. The molecule has 1 heterocycles. The molecule has 5 nitrogen and oxygen atoms in total. The molecular weight excluding hydrogens is 244 g/mol. The zero-order valence-electron chi connectivity index (χ0n) is 11.2. The summed E-state index contributed by atoms with van der Waals surface area (Å²) >= 11 is 0. The predicted octanol–water partition coefficient (Wildman–Crippen LogP) is 1.79. The first-order valence-electron chi connectivity index (χ1n) is 5.98. The highest BCUT2D eigenvalue weighted by Crippen LogP contribution is 2.33. The van der Waals surface area contributed by atoms with Gasteiger partial charge in [0.15, 0.2) is 5.41 Å².